The number of hydrogen-bond donors (Lipinski definition) is 1. The molecule has 3 aliphatic rings. The molecule has 1 aromatic carbocycles. The lowest BCUT2D eigenvalue weighted by atomic mass is 10.1. The Bertz CT molecular complexity index is 938. The molecule has 2 heterocycles. The largest absolute Gasteiger partial charge is 0.426 e. The van der Waals surface area contributed by atoms with Crippen molar-refractivity contribution in [2.45, 2.75) is 37.5 Å². The SMILES string of the molecule is CCc1ccc(/C=C2/SC3C=CC=CC3=[N+](CC(=O)NCC3CCCO3)C2=O)cc1. The monoisotopic (exact) mass is 423 g/mol. The summed E-state index contributed by atoms with van der Waals surface area (Å²) in [6.45, 7) is 3.39. The van der Waals surface area contributed by atoms with E-state index in [9.17, 15) is 9.59 Å². The van der Waals surface area contributed by atoms with E-state index >= 15 is 0 Å². The van der Waals surface area contributed by atoms with Crippen LogP contribution < -0.4 is 5.32 Å². The molecule has 2 unspecified atom stereocenters. The van der Waals surface area contributed by atoms with Crippen LogP contribution in [0.5, 0.6) is 0 Å². The van der Waals surface area contributed by atoms with E-state index in [-0.39, 0.29) is 29.7 Å². The zero-order chi connectivity index (χ0) is 20.9. The molecule has 1 aliphatic carbocycles. The van der Waals surface area contributed by atoms with Crippen molar-refractivity contribution in [1.82, 2.24) is 5.32 Å². The number of rotatable bonds is 6. The Morgan fingerprint density at radius 1 is 1.30 bits per heavy atom. The first-order chi connectivity index (χ1) is 14.6. The molecule has 1 aromatic rings. The van der Waals surface area contributed by atoms with E-state index < -0.39 is 0 Å². The highest BCUT2D eigenvalue weighted by atomic mass is 32.2. The van der Waals surface area contributed by atoms with Gasteiger partial charge in [0.05, 0.1) is 6.10 Å². The number of aryl methyl sites for hydroxylation is 1. The van der Waals surface area contributed by atoms with Crippen molar-refractivity contribution in [3.05, 3.63) is 64.6 Å². The Morgan fingerprint density at radius 3 is 2.87 bits per heavy atom. The van der Waals surface area contributed by atoms with Gasteiger partial charge in [0.2, 0.25) is 12.3 Å². The number of hydrogen-bond acceptors (Lipinski definition) is 4. The zero-order valence-corrected chi connectivity index (χ0v) is 18.0. The van der Waals surface area contributed by atoms with Crippen LogP contribution in [0.15, 0.2) is 53.5 Å². The lowest BCUT2D eigenvalue weighted by Crippen LogP contribution is -2.44. The van der Waals surface area contributed by atoms with Gasteiger partial charge in [-0.05, 0) is 36.5 Å². The summed E-state index contributed by atoms with van der Waals surface area (Å²) >= 11 is 1.54. The van der Waals surface area contributed by atoms with Gasteiger partial charge >= 0.3 is 5.91 Å². The summed E-state index contributed by atoms with van der Waals surface area (Å²) in [5.74, 6) is -0.287. The second-order valence-corrected chi connectivity index (χ2v) is 8.82. The van der Waals surface area contributed by atoms with Gasteiger partial charge in [0.25, 0.3) is 5.91 Å². The van der Waals surface area contributed by atoms with Crippen LogP contribution >= 0.6 is 11.8 Å². The van der Waals surface area contributed by atoms with Gasteiger partial charge in [0.1, 0.15) is 10.2 Å². The molecule has 0 bridgehead atoms. The first kappa shape index (κ1) is 20.8. The van der Waals surface area contributed by atoms with Gasteiger partial charge in [-0.15, -0.1) is 4.58 Å². The van der Waals surface area contributed by atoms with E-state index in [1.54, 1.807) is 4.58 Å². The number of allylic oxidation sites excluding steroid dienone is 3. The Labute approximate surface area is 181 Å². The van der Waals surface area contributed by atoms with Crippen molar-refractivity contribution < 1.29 is 18.9 Å². The third-order valence-electron chi connectivity index (χ3n) is 5.52. The Kier molecular flexibility index (Phi) is 6.65. The molecule has 6 heteroatoms. The maximum atomic E-state index is 13.3. The number of thioether (sulfide) groups is 1. The molecule has 5 nitrogen and oxygen atoms in total. The molecule has 2 aliphatic heterocycles. The van der Waals surface area contributed by atoms with Crippen molar-refractivity contribution in [3.8, 4) is 0 Å². The third kappa shape index (κ3) is 4.82. The van der Waals surface area contributed by atoms with Crippen LogP contribution in [0.1, 0.15) is 30.9 Å². The number of fused-ring (bicyclic) bond motifs is 1. The molecule has 1 saturated heterocycles. The summed E-state index contributed by atoms with van der Waals surface area (Å²) in [4.78, 5) is 26.5. The fourth-order valence-electron chi connectivity index (χ4n) is 3.79. The number of ether oxygens (including phenoxy) is 1. The first-order valence-corrected chi connectivity index (χ1v) is 11.4. The number of carbonyl (C=O) groups excluding carboxylic acids is 2. The zero-order valence-electron chi connectivity index (χ0n) is 17.2. The summed E-state index contributed by atoms with van der Waals surface area (Å²) in [7, 11) is 0. The minimum Gasteiger partial charge on any atom is -0.376 e. The van der Waals surface area contributed by atoms with Crippen LogP contribution in [-0.2, 0) is 20.7 Å². The van der Waals surface area contributed by atoms with Gasteiger partial charge in [0.15, 0.2) is 0 Å². The van der Waals surface area contributed by atoms with Crippen LogP contribution in [0.25, 0.3) is 6.08 Å². The molecular formula is C24H27N2O3S+. The number of benzene rings is 1. The van der Waals surface area contributed by atoms with E-state index in [0.717, 1.165) is 37.1 Å². The van der Waals surface area contributed by atoms with E-state index in [1.165, 1.54) is 17.3 Å². The van der Waals surface area contributed by atoms with Gasteiger partial charge in [0, 0.05) is 19.2 Å². The van der Waals surface area contributed by atoms with Gasteiger partial charge in [-0.1, -0.05) is 61.2 Å². The molecule has 2 amide bonds. The highest BCUT2D eigenvalue weighted by Crippen LogP contribution is 2.32. The standard InChI is InChI=1S/C24H26N2O3S/c1-2-17-9-11-18(12-10-17)14-22-24(28)26(20-7-3-4-8-21(20)30-22)16-23(27)25-15-19-6-5-13-29-19/h3-4,7-12,14,19,21H,2,5-6,13,15-16H2,1H3/p+1/b22-14+. The molecule has 0 aromatic heterocycles. The Morgan fingerprint density at radius 2 is 2.13 bits per heavy atom. The highest BCUT2D eigenvalue weighted by Gasteiger charge is 2.39. The van der Waals surface area contributed by atoms with Gasteiger partial charge in [-0.2, -0.15) is 0 Å². The average Bonchev–Trinajstić information content (AvgIpc) is 3.29. The van der Waals surface area contributed by atoms with Crippen molar-refractivity contribution in [3.63, 3.8) is 0 Å². The topological polar surface area (TPSA) is 58.4 Å². The van der Waals surface area contributed by atoms with Crippen LogP contribution in [-0.4, -0.2) is 53.2 Å². The highest BCUT2D eigenvalue weighted by molar-refractivity contribution is 8.05. The molecule has 0 saturated carbocycles. The number of carbonyl (C=O) groups is 2. The van der Waals surface area contributed by atoms with Crippen LogP contribution in [0.2, 0.25) is 0 Å². The molecule has 1 N–H and O–H groups in total. The molecule has 156 valence electrons. The van der Waals surface area contributed by atoms with E-state index in [0.29, 0.717) is 11.4 Å². The lowest BCUT2D eigenvalue weighted by molar-refractivity contribution is -0.434. The maximum Gasteiger partial charge on any atom is 0.426 e. The van der Waals surface area contributed by atoms with Crippen LogP contribution in [0, 0.1) is 0 Å². The smallest absolute Gasteiger partial charge is 0.376 e. The van der Waals surface area contributed by atoms with Gasteiger partial charge < -0.3 is 10.1 Å². The molecule has 4 rings (SSSR count). The second kappa shape index (κ2) is 9.58. The summed E-state index contributed by atoms with van der Waals surface area (Å²) in [5, 5.41) is 2.95. The lowest BCUT2D eigenvalue weighted by Gasteiger charge is -2.21. The maximum absolute atomic E-state index is 13.3. The average molecular weight is 424 g/mol. The normalized spacial score (nSPS) is 24.4. The Hall–Kier alpha value is -2.44. The van der Waals surface area contributed by atoms with E-state index in [4.69, 9.17) is 4.74 Å². The van der Waals surface area contributed by atoms with Gasteiger partial charge in [-0.25, -0.2) is 4.79 Å². The Balaban J connectivity index is 1.53. The van der Waals surface area contributed by atoms with E-state index in [1.807, 2.05) is 36.4 Å². The minimum absolute atomic E-state index is 0.0161. The summed E-state index contributed by atoms with van der Waals surface area (Å²) in [5.41, 5.74) is 3.11. The van der Waals surface area contributed by atoms with Gasteiger partial charge in [-0.3, -0.25) is 4.79 Å². The summed E-state index contributed by atoms with van der Waals surface area (Å²) in [6, 6.07) is 8.24. The third-order valence-corrected chi connectivity index (χ3v) is 6.71. The van der Waals surface area contributed by atoms with Crippen molar-refractivity contribution in [2.75, 3.05) is 19.7 Å². The fourth-order valence-corrected chi connectivity index (χ4v) is 4.97. The number of nitrogens with one attached hydrogen (secondary N) is 1. The second-order valence-electron chi connectivity index (χ2n) is 7.64. The number of amides is 2. The van der Waals surface area contributed by atoms with Crippen molar-refractivity contribution in [1.29, 1.82) is 0 Å². The van der Waals surface area contributed by atoms with Crippen molar-refractivity contribution in [2.24, 2.45) is 0 Å². The van der Waals surface area contributed by atoms with Crippen molar-refractivity contribution >= 4 is 35.4 Å². The van der Waals surface area contributed by atoms with E-state index in [2.05, 4.69) is 30.4 Å². The molecular weight excluding hydrogens is 396 g/mol. The molecule has 1 fully saturated rings. The quantitative estimate of drug-likeness (QED) is 0.564. The predicted octanol–water partition coefficient (Wildman–Crippen LogP) is 3.11. The van der Waals surface area contributed by atoms with Crippen LogP contribution in [0.4, 0.5) is 0 Å². The fraction of sp³-hybridized carbons (Fsp3) is 0.375. The predicted molar refractivity (Wildman–Crippen MR) is 121 cm³/mol. The molecule has 0 spiro atoms. The number of nitrogens with zero attached hydrogens (tertiary/aromatic N) is 1. The minimum atomic E-state index is -0.161. The molecule has 0 radical (unpaired) electrons. The van der Waals surface area contributed by atoms with Crippen LogP contribution in [0.3, 0.4) is 0 Å². The molecule has 2 atom stereocenters. The summed E-state index contributed by atoms with van der Waals surface area (Å²) < 4.78 is 7.18. The first-order valence-electron chi connectivity index (χ1n) is 10.5. The molecule has 30 heavy (non-hydrogen) atoms. The summed E-state index contributed by atoms with van der Waals surface area (Å²) in [6.07, 6.45) is 12.9.